The number of alkyl halides is 3. The quantitative estimate of drug-likeness (QED) is 0.530. The molecule has 0 amide bonds. The first kappa shape index (κ1) is 12.1. The number of ether oxygens (including phenoxy) is 1. The van der Waals surface area contributed by atoms with Gasteiger partial charge in [0.05, 0.1) is 18.1 Å². The van der Waals surface area contributed by atoms with Gasteiger partial charge in [-0.3, -0.25) is 4.79 Å². The smallest absolute Gasteiger partial charge is 0.391 e. The molecule has 0 unspecified atom stereocenters. The molecule has 0 bridgehead atoms. The monoisotopic (exact) mass is 222 g/mol. The number of carbonyl (C=O) groups is 1. The van der Waals surface area contributed by atoms with Crippen LogP contribution in [0.3, 0.4) is 0 Å². The molecule has 86 valence electrons. The summed E-state index contributed by atoms with van der Waals surface area (Å²) in [6.07, 6.45) is -2.60. The Morgan fingerprint density at radius 1 is 1.27 bits per heavy atom. The van der Waals surface area contributed by atoms with Crippen LogP contribution in [0.5, 0.6) is 0 Å². The average molecular weight is 222 g/mol. The van der Waals surface area contributed by atoms with E-state index >= 15 is 0 Å². The molecule has 1 rings (SSSR count). The van der Waals surface area contributed by atoms with Crippen LogP contribution in [-0.4, -0.2) is 12.1 Å². The molecule has 0 aromatic rings. The molecule has 0 spiro atoms. The van der Waals surface area contributed by atoms with Crippen molar-refractivity contribution >= 4 is 5.97 Å². The van der Waals surface area contributed by atoms with Crippen LogP contribution < -0.4 is 0 Å². The Bertz CT molecular complexity index is 240. The van der Waals surface area contributed by atoms with Gasteiger partial charge in [0.2, 0.25) is 0 Å². The predicted octanol–water partition coefficient (Wildman–Crippen LogP) is 3.04. The van der Waals surface area contributed by atoms with E-state index in [-0.39, 0.29) is 25.7 Å². The first-order valence-electron chi connectivity index (χ1n) is 4.83. The van der Waals surface area contributed by atoms with E-state index in [2.05, 4.69) is 11.3 Å². The van der Waals surface area contributed by atoms with Gasteiger partial charge < -0.3 is 4.74 Å². The van der Waals surface area contributed by atoms with Gasteiger partial charge in [0.1, 0.15) is 0 Å². The van der Waals surface area contributed by atoms with Crippen LogP contribution in [0.2, 0.25) is 0 Å². The van der Waals surface area contributed by atoms with E-state index in [1.165, 1.54) is 0 Å². The summed E-state index contributed by atoms with van der Waals surface area (Å²) >= 11 is 0. The van der Waals surface area contributed by atoms with Crippen LogP contribution in [0, 0.1) is 11.8 Å². The molecule has 2 nitrogen and oxygen atoms in total. The molecule has 0 heterocycles. The highest BCUT2D eigenvalue weighted by molar-refractivity contribution is 5.73. The van der Waals surface area contributed by atoms with Crippen molar-refractivity contribution in [2.45, 2.75) is 31.9 Å². The van der Waals surface area contributed by atoms with Crippen molar-refractivity contribution in [1.29, 1.82) is 0 Å². The van der Waals surface area contributed by atoms with Crippen molar-refractivity contribution in [2.24, 2.45) is 11.8 Å². The second kappa shape index (κ2) is 4.68. The highest BCUT2D eigenvalue weighted by Gasteiger charge is 2.42. The molecule has 0 aliphatic heterocycles. The molecule has 0 atom stereocenters. The molecule has 0 saturated heterocycles. The summed E-state index contributed by atoms with van der Waals surface area (Å²) in [7, 11) is 0. The lowest BCUT2D eigenvalue weighted by atomic mass is 9.82. The fourth-order valence-electron chi connectivity index (χ4n) is 1.83. The second-order valence-electron chi connectivity index (χ2n) is 3.69. The van der Waals surface area contributed by atoms with Gasteiger partial charge in [-0.1, -0.05) is 6.58 Å². The summed E-state index contributed by atoms with van der Waals surface area (Å²) < 4.78 is 41.4. The Kier molecular flexibility index (Phi) is 3.77. The minimum Gasteiger partial charge on any atom is -0.435 e. The molecule has 0 N–H and O–H groups in total. The number of carbonyl (C=O) groups excluding carboxylic acids is 1. The molecule has 5 heteroatoms. The molecule has 15 heavy (non-hydrogen) atoms. The topological polar surface area (TPSA) is 26.3 Å². The van der Waals surface area contributed by atoms with E-state index < -0.39 is 24.0 Å². The van der Waals surface area contributed by atoms with Gasteiger partial charge >= 0.3 is 12.1 Å². The Labute approximate surface area is 86.1 Å². The van der Waals surface area contributed by atoms with Gasteiger partial charge in [0.15, 0.2) is 0 Å². The Morgan fingerprint density at radius 2 is 1.80 bits per heavy atom. The van der Waals surface area contributed by atoms with E-state index in [0.29, 0.717) is 0 Å². The van der Waals surface area contributed by atoms with Crippen molar-refractivity contribution < 1.29 is 22.7 Å². The summed E-state index contributed by atoms with van der Waals surface area (Å²) in [4.78, 5) is 11.2. The van der Waals surface area contributed by atoms with E-state index in [1.807, 2.05) is 0 Å². The molecule has 0 aromatic carbocycles. The fraction of sp³-hybridized carbons (Fsp3) is 0.700. The van der Waals surface area contributed by atoms with Crippen LogP contribution in [0.4, 0.5) is 13.2 Å². The van der Waals surface area contributed by atoms with Crippen molar-refractivity contribution in [3.8, 4) is 0 Å². The van der Waals surface area contributed by atoms with Gasteiger partial charge in [-0.2, -0.15) is 13.2 Å². The third-order valence-electron chi connectivity index (χ3n) is 2.72. The van der Waals surface area contributed by atoms with E-state index in [1.54, 1.807) is 0 Å². The van der Waals surface area contributed by atoms with Crippen LogP contribution in [-0.2, 0) is 9.53 Å². The van der Waals surface area contributed by atoms with Gasteiger partial charge in [-0.25, -0.2) is 0 Å². The minimum atomic E-state index is -4.13. The van der Waals surface area contributed by atoms with Crippen molar-refractivity contribution in [2.75, 3.05) is 0 Å². The maximum Gasteiger partial charge on any atom is 0.391 e. The van der Waals surface area contributed by atoms with Gasteiger partial charge in [0.25, 0.3) is 0 Å². The fourth-order valence-corrected chi connectivity index (χ4v) is 1.83. The lowest BCUT2D eigenvalue weighted by Crippen LogP contribution is -2.30. The van der Waals surface area contributed by atoms with Gasteiger partial charge in [-0.15, -0.1) is 0 Å². The average Bonchev–Trinajstić information content (AvgIpc) is 2.17. The van der Waals surface area contributed by atoms with Crippen LogP contribution in [0.25, 0.3) is 0 Å². The second-order valence-corrected chi connectivity index (χ2v) is 3.69. The molecule has 1 fully saturated rings. The molecular formula is C10H13F3O2. The zero-order valence-corrected chi connectivity index (χ0v) is 8.22. The summed E-state index contributed by atoms with van der Waals surface area (Å²) in [6, 6.07) is 0. The van der Waals surface area contributed by atoms with Crippen molar-refractivity contribution in [3.63, 3.8) is 0 Å². The summed E-state index contributed by atoms with van der Waals surface area (Å²) in [5, 5.41) is 0. The largest absolute Gasteiger partial charge is 0.435 e. The normalized spacial score (nSPS) is 27.1. The Hall–Kier alpha value is -1.00. The van der Waals surface area contributed by atoms with E-state index in [4.69, 9.17) is 0 Å². The predicted molar refractivity (Wildman–Crippen MR) is 47.8 cm³/mol. The Balaban J connectivity index is 2.42. The molecule has 1 aliphatic carbocycles. The standard InChI is InChI=1S/C10H13F3O2/c1-2-15-9(14)7-3-5-8(6-4-7)10(11,12)13/h2,7-8H,1,3-6H2. The van der Waals surface area contributed by atoms with Crippen LogP contribution >= 0.6 is 0 Å². The molecule has 0 aromatic heterocycles. The van der Waals surface area contributed by atoms with Crippen LogP contribution in [0.15, 0.2) is 12.8 Å². The minimum absolute atomic E-state index is 0.0143. The number of halogens is 3. The highest BCUT2D eigenvalue weighted by atomic mass is 19.4. The summed E-state index contributed by atoms with van der Waals surface area (Å²) in [5.74, 6) is -2.13. The highest BCUT2D eigenvalue weighted by Crippen LogP contribution is 2.39. The van der Waals surface area contributed by atoms with E-state index in [9.17, 15) is 18.0 Å². The maximum absolute atomic E-state index is 12.3. The SMILES string of the molecule is C=COC(=O)C1CCC(C(F)(F)F)CC1. The molecule has 1 aliphatic rings. The molecular weight excluding hydrogens is 209 g/mol. The van der Waals surface area contributed by atoms with Crippen LogP contribution in [0.1, 0.15) is 25.7 Å². The Morgan fingerprint density at radius 3 is 2.20 bits per heavy atom. The molecule has 1 saturated carbocycles. The number of hydrogen-bond acceptors (Lipinski definition) is 2. The van der Waals surface area contributed by atoms with Crippen molar-refractivity contribution in [3.05, 3.63) is 12.8 Å². The maximum atomic E-state index is 12.3. The zero-order valence-electron chi connectivity index (χ0n) is 8.22. The third-order valence-corrected chi connectivity index (χ3v) is 2.72. The third kappa shape index (κ3) is 3.25. The van der Waals surface area contributed by atoms with Gasteiger partial charge in [0, 0.05) is 0 Å². The summed E-state index contributed by atoms with van der Waals surface area (Å²) in [6.45, 7) is 3.23. The number of esters is 1. The first-order chi connectivity index (χ1) is 6.95. The lowest BCUT2D eigenvalue weighted by Gasteiger charge is -2.28. The first-order valence-corrected chi connectivity index (χ1v) is 4.83. The number of rotatable bonds is 2. The van der Waals surface area contributed by atoms with E-state index in [0.717, 1.165) is 6.26 Å². The number of hydrogen-bond donors (Lipinski definition) is 0. The van der Waals surface area contributed by atoms with Crippen molar-refractivity contribution in [1.82, 2.24) is 0 Å². The molecule has 0 radical (unpaired) electrons. The lowest BCUT2D eigenvalue weighted by molar-refractivity contribution is -0.186. The zero-order chi connectivity index (χ0) is 11.5. The summed E-state index contributed by atoms with van der Waals surface area (Å²) in [5.41, 5.74) is 0. The van der Waals surface area contributed by atoms with Gasteiger partial charge in [-0.05, 0) is 25.7 Å².